The van der Waals surface area contributed by atoms with Crippen molar-refractivity contribution in [3.63, 3.8) is 0 Å². The third kappa shape index (κ3) is 2.83. The molecule has 82 valence electrons. The Morgan fingerprint density at radius 3 is 2.53 bits per heavy atom. The lowest BCUT2D eigenvalue weighted by Crippen LogP contribution is -2.23. The largest absolute Gasteiger partial charge is 0.478 e. The Labute approximate surface area is 87.3 Å². The molecule has 0 unspecified atom stereocenters. The first-order valence-corrected chi connectivity index (χ1v) is 4.70. The summed E-state index contributed by atoms with van der Waals surface area (Å²) in [7, 11) is 0. The average Bonchev–Trinajstić information content (AvgIpc) is 2.46. The number of aromatic nitrogens is 2. The molecule has 1 heterocycles. The van der Waals surface area contributed by atoms with Crippen molar-refractivity contribution in [2.24, 2.45) is 0 Å². The van der Waals surface area contributed by atoms with E-state index in [0.29, 0.717) is 18.7 Å². The fourth-order valence-corrected chi connectivity index (χ4v) is 1.34. The van der Waals surface area contributed by atoms with Crippen molar-refractivity contribution in [2.75, 3.05) is 0 Å². The average molecular weight is 210 g/mol. The number of aryl methyl sites for hydroxylation is 1. The normalized spacial score (nSPS) is 11.7. The van der Waals surface area contributed by atoms with Crippen molar-refractivity contribution in [3.8, 4) is 0 Å². The number of nitrogens with zero attached hydrogens (tertiary/aromatic N) is 2. The van der Waals surface area contributed by atoms with E-state index in [0.717, 1.165) is 6.08 Å². The van der Waals surface area contributed by atoms with Crippen molar-refractivity contribution < 1.29 is 9.90 Å². The van der Waals surface area contributed by atoms with Crippen LogP contribution in [-0.4, -0.2) is 20.2 Å². The Morgan fingerprint density at radius 2 is 2.07 bits per heavy atom. The molecule has 0 saturated heterocycles. The summed E-state index contributed by atoms with van der Waals surface area (Å²) in [5.41, 5.74) is 0.522. The molecule has 0 aliphatic rings. The van der Waals surface area contributed by atoms with Gasteiger partial charge in [0.2, 0.25) is 0 Å². The highest BCUT2D eigenvalue weighted by atomic mass is 16.4. The number of rotatable bonds is 4. The number of carbonyl (C=O) groups is 1. The molecule has 1 N–H and O–H groups in total. The van der Waals surface area contributed by atoms with Crippen LogP contribution in [0.4, 0.5) is 0 Å². The van der Waals surface area contributed by atoms with Crippen LogP contribution in [0.2, 0.25) is 0 Å². The second-order valence-electron chi connectivity index (χ2n) is 3.32. The van der Waals surface area contributed by atoms with E-state index < -0.39 is 5.97 Å². The maximum absolute atomic E-state index is 11.6. The number of aliphatic carboxylic acids is 1. The molecule has 0 aromatic carbocycles. The van der Waals surface area contributed by atoms with Crippen LogP contribution in [-0.2, 0) is 17.9 Å². The zero-order chi connectivity index (χ0) is 11.4. The minimum Gasteiger partial charge on any atom is -0.478 e. The summed E-state index contributed by atoms with van der Waals surface area (Å²) in [6, 6.07) is 0. The molecule has 0 atom stereocenters. The van der Waals surface area contributed by atoms with E-state index in [9.17, 15) is 9.59 Å². The van der Waals surface area contributed by atoms with E-state index in [2.05, 4.69) is 0 Å². The summed E-state index contributed by atoms with van der Waals surface area (Å²) in [6.07, 6.45) is 4.46. The van der Waals surface area contributed by atoms with Crippen molar-refractivity contribution in [2.45, 2.75) is 26.9 Å². The van der Waals surface area contributed by atoms with Gasteiger partial charge < -0.3 is 5.11 Å². The van der Waals surface area contributed by atoms with E-state index in [1.165, 1.54) is 4.57 Å². The Morgan fingerprint density at radius 1 is 1.47 bits per heavy atom. The van der Waals surface area contributed by atoms with Crippen LogP contribution >= 0.6 is 0 Å². The van der Waals surface area contributed by atoms with E-state index in [-0.39, 0.29) is 5.69 Å². The lowest BCUT2D eigenvalue weighted by molar-refractivity contribution is -0.131. The molecule has 15 heavy (non-hydrogen) atoms. The van der Waals surface area contributed by atoms with E-state index in [4.69, 9.17) is 5.11 Å². The fourth-order valence-electron chi connectivity index (χ4n) is 1.34. The van der Waals surface area contributed by atoms with Gasteiger partial charge in [0.25, 0.3) is 0 Å². The molecular formula is C10H14N2O3. The first-order valence-electron chi connectivity index (χ1n) is 4.70. The number of imidazole rings is 1. The summed E-state index contributed by atoms with van der Waals surface area (Å²) in [5.74, 6) is -0.990. The van der Waals surface area contributed by atoms with Gasteiger partial charge in [0.15, 0.2) is 0 Å². The van der Waals surface area contributed by atoms with Crippen LogP contribution in [0.5, 0.6) is 0 Å². The van der Waals surface area contributed by atoms with E-state index in [1.54, 1.807) is 23.9 Å². The first kappa shape index (κ1) is 11.3. The van der Waals surface area contributed by atoms with Crippen molar-refractivity contribution in [1.82, 2.24) is 9.13 Å². The molecule has 1 rings (SSSR count). The predicted octanol–water partition coefficient (Wildman–Crippen LogP) is 0.701. The molecule has 5 nitrogen and oxygen atoms in total. The number of carboxylic acid groups (broad SMARTS) is 1. The topological polar surface area (TPSA) is 64.2 Å². The van der Waals surface area contributed by atoms with Gasteiger partial charge in [-0.2, -0.15) is 0 Å². The third-order valence-electron chi connectivity index (χ3n) is 2.05. The third-order valence-corrected chi connectivity index (χ3v) is 2.05. The highest BCUT2D eigenvalue weighted by Gasteiger charge is 2.02. The SMILES string of the molecule is CCn1ccn(C/C(C)=C/C(=O)O)c1=O. The van der Waals surface area contributed by atoms with Crippen LogP contribution in [0, 0.1) is 0 Å². The van der Waals surface area contributed by atoms with Crippen LogP contribution in [0.15, 0.2) is 28.8 Å². The van der Waals surface area contributed by atoms with Gasteiger partial charge in [-0.05, 0) is 19.4 Å². The number of hydrogen-bond acceptors (Lipinski definition) is 2. The molecule has 0 radical (unpaired) electrons. The summed E-state index contributed by atoms with van der Waals surface area (Å²) in [4.78, 5) is 21.9. The second-order valence-corrected chi connectivity index (χ2v) is 3.32. The first-order chi connectivity index (χ1) is 7.04. The quantitative estimate of drug-likeness (QED) is 0.744. The predicted molar refractivity (Wildman–Crippen MR) is 55.8 cm³/mol. The minimum atomic E-state index is -0.990. The van der Waals surface area contributed by atoms with Crippen molar-refractivity contribution in [1.29, 1.82) is 0 Å². The van der Waals surface area contributed by atoms with E-state index in [1.807, 2.05) is 6.92 Å². The maximum atomic E-state index is 11.6. The molecule has 1 aromatic rings. The summed E-state index contributed by atoms with van der Waals surface area (Å²) < 4.78 is 3.05. The molecule has 1 aromatic heterocycles. The van der Waals surface area contributed by atoms with Gasteiger partial charge in [0.1, 0.15) is 0 Å². The highest BCUT2D eigenvalue weighted by Crippen LogP contribution is 1.96. The molecule has 0 bridgehead atoms. The van der Waals surface area contributed by atoms with Gasteiger partial charge in [-0.15, -0.1) is 0 Å². The van der Waals surface area contributed by atoms with Crippen molar-refractivity contribution >= 4 is 5.97 Å². The molecule has 5 heteroatoms. The molecule has 0 saturated carbocycles. The van der Waals surface area contributed by atoms with Gasteiger partial charge >= 0.3 is 11.7 Å². The van der Waals surface area contributed by atoms with Gasteiger partial charge in [-0.3, -0.25) is 9.13 Å². The van der Waals surface area contributed by atoms with Gasteiger partial charge in [-0.1, -0.05) is 0 Å². The van der Waals surface area contributed by atoms with Crippen LogP contribution < -0.4 is 5.69 Å². The Kier molecular flexibility index (Phi) is 3.49. The molecular weight excluding hydrogens is 196 g/mol. The van der Waals surface area contributed by atoms with Crippen LogP contribution in [0.3, 0.4) is 0 Å². The summed E-state index contributed by atoms with van der Waals surface area (Å²) >= 11 is 0. The fraction of sp³-hybridized carbons (Fsp3) is 0.400. The molecule has 0 aliphatic heterocycles. The second kappa shape index (κ2) is 4.63. The lowest BCUT2D eigenvalue weighted by Gasteiger charge is -2.00. The molecule has 0 spiro atoms. The lowest BCUT2D eigenvalue weighted by atomic mass is 10.3. The van der Waals surface area contributed by atoms with E-state index >= 15 is 0 Å². The molecule has 0 amide bonds. The monoisotopic (exact) mass is 210 g/mol. The van der Waals surface area contributed by atoms with Crippen LogP contribution in [0.25, 0.3) is 0 Å². The van der Waals surface area contributed by atoms with Gasteiger partial charge in [-0.25, -0.2) is 9.59 Å². The summed E-state index contributed by atoms with van der Waals surface area (Å²) in [6.45, 7) is 4.50. The van der Waals surface area contributed by atoms with Gasteiger partial charge in [0.05, 0.1) is 0 Å². The van der Waals surface area contributed by atoms with Crippen LogP contribution in [0.1, 0.15) is 13.8 Å². The minimum absolute atomic E-state index is 0.115. The van der Waals surface area contributed by atoms with Gasteiger partial charge in [0, 0.05) is 31.6 Å². The summed E-state index contributed by atoms with van der Waals surface area (Å²) in [5, 5.41) is 8.51. The Hall–Kier alpha value is -1.78. The Balaban J connectivity index is 2.86. The highest BCUT2D eigenvalue weighted by molar-refractivity contribution is 5.80. The molecule has 0 fully saturated rings. The smallest absolute Gasteiger partial charge is 0.328 e. The number of allylic oxidation sites excluding steroid dienone is 1. The number of carboxylic acids is 1. The van der Waals surface area contributed by atoms with Crippen molar-refractivity contribution in [3.05, 3.63) is 34.5 Å². The zero-order valence-corrected chi connectivity index (χ0v) is 8.80. The Bertz CT molecular complexity index is 440. The number of hydrogen-bond donors (Lipinski definition) is 1. The standard InChI is InChI=1S/C10H14N2O3/c1-3-11-4-5-12(10(11)15)7-8(2)6-9(13)14/h4-6H,3,7H2,1-2H3,(H,13,14)/b8-6+. The maximum Gasteiger partial charge on any atom is 0.328 e. The molecule has 0 aliphatic carbocycles. The zero-order valence-electron chi connectivity index (χ0n) is 8.80.